The third kappa shape index (κ3) is 3.60. The van der Waals surface area contributed by atoms with Crippen LogP contribution in [0.3, 0.4) is 0 Å². The van der Waals surface area contributed by atoms with Crippen LogP contribution >= 0.6 is 0 Å². The van der Waals surface area contributed by atoms with Gasteiger partial charge in [0.2, 0.25) is 11.6 Å². The maximum atomic E-state index is 13.7. The zero-order valence-corrected chi connectivity index (χ0v) is 12.3. The normalized spacial score (nSPS) is 12.9. The molecule has 0 saturated heterocycles. The molecule has 0 aromatic heterocycles. The highest BCUT2D eigenvalue weighted by atomic mass is 19.3. The van der Waals surface area contributed by atoms with E-state index in [-0.39, 0.29) is 7.11 Å². The minimum atomic E-state index is -6.65. The van der Waals surface area contributed by atoms with E-state index in [2.05, 4.69) is 9.47 Å². The molecule has 0 unspecified atom stereocenters. The Morgan fingerprint density at radius 1 is 0.926 bits per heavy atom. The van der Waals surface area contributed by atoms with Crippen LogP contribution in [0.15, 0.2) is 0 Å². The second-order valence-electron chi connectivity index (χ2n) is 4.44. The van der Waals surface area contributed by atoms with Gasteiger partial charge in [-0.15, -0.1) is 0 Å². The number of carbonyl (C=O) groups excluding carboxylic acids is 1. The van der Waals surface area contributed by atoms with Crippen molar-refractivity contribution in [1.29, 1.82) is 0 Å². The molecule has 27 heavy (non-hydrogen) atoms. The molecular weight excluding hydrogens is 416 g/mol. The van der Waals surface area contributed by atoms with Crippen LogP contribution in [0, 0.1) is 33.4 Å². The van der Waals surface area contributed by atoms with E-state index >= 15 is 0 Å². The number of carbonyl (C=O) groups is 1. The summed E-state index contributed by atoms with van der Waals surface area (Å²) in [5.41, 5.74) is -6.14. The zero-order chi connectivity index (χ0) is 21.5. The number of nitro benzene ring substituents is 1. The SMILES string of the molecule is COC(=O)C(F)(F)OC(F)(F)C(F)(F)c1c(F)c(F)c([N+](=O)[O-])c(F)c1F. The number of hydrogen-bond donors (Lipinski definition) is 0. The lowest BCUT2D eigenvalue weighted by atomic mass is 10.0. The molecule has 1 rings (SSSR count). The Kier molecular flexibility index (Phi) is 5.66. The van der Waals surface area contributed by atoms with Gasteiger partial charge in [-0.1, -0.05) is 0 Å². The summed E-state index contributed by atoms with van der Waals surface area (Å²) in [5, 5.41) is 10.3. The van der Waals surface area contributed by atoms with E-state index in [0.717, 1.165) is 0 Å². The first-order chi connectivity index (χ1) is 12.0. The van der Waals surface area contributed by atoms with Crippen LogP contribution < -0.4 is 0 Å². The molecule has 6 nitrogen and oxygen atoms in total. The second-order valence-corrected chi connectivity index (χ2v) is 4.44. The van der Waals surface area contributed by atoms with Gasteiger partial charge >= 0.3 is 29.8 Å². The number of alkyl halides is 6. The van der Waals surface area contributed by atoms with Gasteiger partial charge in [0, 0.05) is 0 Å². The van der Waals surface area contributed by atoms with Crippen molar-refractivity contribution >= 4 is 11.7 Å². The lowest BCUT2D eigenvalue weighted by Gasteiger charge is -2.29. The molecule has 0 saturated carbocycles. The molecule has 152 valence electrons. The molecule has 0 heterocycles. The Labute approximate surface area is 140 Å². The van der Waals surface area contributed by atoms with E-state index in [9.17, 15) is 58.8 Å². The molecule has 0 N–H and O–H groups in total. The smallest absolute Gasteiger partial charge is 0.460 e. The van der Waals surface area contributed by atoms with Gasteiger partial charge in [0.15, 0.2) is 11.6 Å². The molecule has 0 amide bonds. The standard InChI is InChI=1S/C11H3F10NO5/c1-26-8(23)10(18,19)27-11(20,21)9(16,17)2-3(12)5(14)7(22(24)25)6(15)4(2)13/h1H3. The fraction of sp³-hybridized carbons (Fsp3) is 0.364. The monoisotopic (exact) mass is 419 g/mol. The molecule has 0 radical (unpaired) electrons. The average molecular weight is 419 g/mol. The highest BCUT2D eigenvalue weighted by Crippen LogP contribution is 2.49. The predicted molar refractivity (Wildman–Crippen MR) is 59.8 cm³/mol. The van der Waals surface area contributed by atoms with Gasteiger partial charge in [-0.2, -0.15) is 35.1 Å². The maximum absolute atomic E-state index is 13.7. The average Bonchev–Trinajstić information content (AvgIpc) is 2.50. The van der Waals surface area contributed by atoms with E-state index < -0.39 is 63.6 Å². The van der Waals surface area contributed by atoms with Crippen molar-refractivity contribution in [2.45, 2.75) is 18.1 Å². The Morgan fingerprint density at radius 3 is 1.67 bits per heavy atom. The van der Waals surface area contributed by atoms with Crippen LogP contribution in [0.2, 0.25) is 0 Å². The van der Waals surface area contributed by atoms with Gasteiger partial charge in [-0.25, -0.2) is 18.3 Å². The summed E-state index contributed by atoms with van der Waals surface area (Å²) in [6.45, 7) is 0. The molecule has 16 heteroatoms. The van der Waals surface area contributed by atoms with Gasteiger partial charge in [0.1, 0.15) is 5.56 Å². The molecule has 0 spiro atoms. The first-order valence-electron chi connectivity index (χ1n) is 5.95. The van der Waals surface area contributed by atoms with Crippen LogP contribution in [0.25, 0.3) is 0 Å². The molecule has 0 aliphatic heterocycles. The second kappa shape index (κ2) is 6.82. The molecule has 0 atom stereocenters. The van der Waals surface area contributed by atoms with Gasteiger partial charge in [0.05, 0.1) is 12.0 Å². The van der Waals surface area contributed by atoms with E-state index in [1.165, 1.54) is 0 Å². The molecule has 0 aliphatic carbocycles. The van der Waals surface area contributed by atoms with E-state index in [0.29, 0.717) is 0 Å². The van der Waals surface area contributed by atoms with Crippen molar-refractivity contribution < 1.29 is 63.1 Å². The summed E-state index contributed by atoms with van der Waals surface area (Å²) in [7, 11) is 0.205. The number of hydrogen-bond acceptors (Lipinski definition) is 5. The molecular formula is C11H3F10NO5. The number of nitrogens with zero attached hydrogens (tertiary/aromatic N) is 1. The van der Waals surface area contributed by atoms with Gasteiger partial charge in [-0.3, -0.25) is 10.1 Å². The Morgan fingerprint density at radius 2 is 1.33 bits per heavy atom. The molecule has 1 aromatic rings. The number of ether oxygens (including phenoxy) is 2. The number of methoxy groups -OCH3 is 1. The lowest BCUT2D eigenvalue weighted by Crippen LogP contribution is -2.49. The van der Waals surface area contributed by atoms with Crippen LogP contribution in [0.5, 0.6) is 0 Å². The number of esters is 1. The van der Waals surface area contributed by atoms with Crippen LogP contribution in [0.1, 0.15) is 5.56 Å². The quantitative estimate of drug-likeness (QED) is 0.232. The highest BCUT2D eigenvalue weighted by Gasteiger charge is 2.68. The van der Waals surface area contributed by atoms with Crippen LogP contribution in [0.4, 0.5) is 49.6 Å². The molecule has 0 fully saturated rings. The van der Waals surface area contributed by atoms with Crippen LogP contribution in [-0.4, -0.2) is 30.2 Å². The maximum Gasteiger partial charge on any atom is 0.460 e. The molecule has 0 aliphatic rings. The van der Waals surface area contributed by atoms with E-state index in [1.54, 1.807) is 0 Å². The minimum Gasteiger partial charge on any atom is -0.463 e. The van der Waals surface area contributed by atoms with Crippen molar-refractivity contribution in [3.8, 4) is 0 Å². The molecule has 0 bridgehead atoms. The fourth-order valence-electron chi connectivity index (χ4n) is 1.59. The third-order valence-corrected chi connectivity index (χ3v) is 2.78. The first kappa shape index (κ1) is 22.4. The molecule has 1 aromatic carbocycles. The highest BCUT2D eigenvalue weighted by molar-refractivity contribution is 5.75. The summed E-state index contributed by atoms with van der Waals surface area (Å²) in [4.78, 5) is 18.7. The number of nitro groups is 1. The van der Waals surface area contributed by atoms with Crippen molar-refractivity contribution in [3.05, 3.63) is 38.9 Å². The zero-order valence-electron chi connectivity index (χ0n) is 12.3. The van der Waals surface area contributed by atoms with E-state index in [4.69, 9.17) is 0 Å². The lowest BCUT2D eigenvalue weighted by molar-refractivity contribution is -0.426. The number of benzene rings is 1. The summed E-state index contributed by atoms with van der Waals surface area (Å²) < 4.78 is 139. The summed E-state index contributed by atoms with van der Waals surface area (Å²) in [5.74, 6) is -22.5. The minimum absolute atomic E-state index is 0.205. The van der Waals surface area contributed by atoms with Crippen molar-refractivity contribution in [3.63, 3.8) is 0 Å². The van der Waals surface area contributed by atoms with Crippen LogP contribution in [-0.2, 0) is 20.2 Å². The van der Waals surface area contributed by atoms with Crippen molar-refractivity contribution in [2.75, 3.05) is 7.11 Å². The Hall–Kier alpha value is -2.65. The van der Waals surface area contributed by atoms with E-state index in [1.807, 2.05) is 0 Å². The fourth-order valence-corrected chi connectivity index (χ4v) is 1.59. The Balaban J connectivity index is 3.64. The van der Waals surface area contributed by atoms with Crippen molar-refractivity contribution in [1.82, 2.24) is 0 Å². The first-order valence-corrected chi connectivity index (χ1v) is 5.95. The number of halogens is 10. The predicted octanol–water partition coefficient (Wildman–Crippen LogP) is 3.62. The third-order valence-electron chi connectivity index (χ3n) is 2.78. The van der Waals surface area contributed by atoms with Gasteiger partial charge < -0.3 is 4.74 Å². The van der Waals surface area contributed by atoms with Gasteiger partial charge in [0.25, 0.3) is 0 Å². The van der Waals surface area contributed by atoms with Crippen molar-refractivity contribution in [2.24, 2.45) is 0 Å². The summed E-state index contributed by atoms with van der Waals surface area (Å²) >= 11 is 0. The topological polar surface area (TPSA) is 78.7 Å². The Bertz CT molecular complexity index is 767. The number of rotatable bonds is 6. The summed E-state index contributed by atoms with van der Waals surface area (Å²) in [6, 6.07) is 0. The largest absolute Gasteiger partial charge is 0.463 e. The van der Waals surface area contributed by atoms with Gasteiger partial charge in [-0.05, 0) is 0 Å². The summed E-state index contributed by atoms with van der Waals surface area (Å²) in [6.07, 6.45) is -12.4.